The van der Waals surface area contributed by atoms with E-state index >= 15 is 0 Å². The van der Waals surface area contributed by atoms with Gasteiger partial charge in [0.2, 0.25) is 0 Å². The highest BCUT2D eigenvalue weighted by Gasteiger charge is 2.14. The number of rotatable bonds is 4. The Morgan fingerprint density at radius 1 is 1.29 bits per heavy atom. The summed E-state index contributed by atoms with van der Waals surface area (Å²) in [6, 6.07) is 10.6. The van der Waals surface area contributed by atoms with Crippen molar-refractivity contribution in [1.29, 1.82) is 0 Å². The van der Waals surface area contributed by atoms with Crippen LogP contribution >= 0.6 is 11.6 Å². The Morgan fingerprint density at radius 3 is 2.67 bits per heavy atom. The SMILES string of the molecule is Cc1ccc(C(=O)N[C@@H](C)Cc2ccccc2Cl)c(=O)[nH]1. The first kappa shape index (κ1) is 15.3. The summed E-state index contributed by atoms with van der Waals surface area (Å²) in [4.78, 5) is 26.5. The molecule has 2 aromatic rings. The minimum absolute atomic E-state index is 0.117. The summed E-state index contributed by atoms with van der Waals surface area (Å²) >= 11 is 6.10. The Labute approximate surface area is 128 Å². The van der Waals surface area contributed by atoms with Crippen molar-refractivity contribution in [1.82, 2.24) is 10.3 Å². The van der Waals surface area contributed by atoms with Gasteiger partial charge in [0.1, 0.15) is 5.56 Å². The van der Waals surface area contributed by atoms with E-state index in [9.17, 15) is 9.59 Å². The maximum atomic E-state index is 12.1. The smallest absolute Gasteiger partial charge is 0.260 e. The van der Waals surface area contributed by atoms with Gasteiger partial charge in [-0.15, -0.1) is 0 Å². The molecule has 0 unspecified atom stereocenters. The van der Waals surface area contributed by atoms with Gasteiger partial charge in [-0.1, -0.05) is 29.8 Å². The molecule has 0 aliphatic heterocycles. The molecule has 110 valence electrons. The quantitative estimate of drug-likeness (QED) is 0.912. The van der Waals surface area contributed by atoms with Crippen molar-refractivity contribution in [2.45, 2.75) is 26.3 Å². The number of halogens is 1. The van der Waals surface area contributed by atoms with Crippen molar-refractivity contribution in [3.8, 4) is 0 Å². The number of nitrogens with one attached hydrogen (secondary N) is 2. The highest BCUT2D eigenvalue weighted by atomic mass is 35.5. The summed E-state index contributed by atoms with van der Waals surface area (Å²) in [5.41, 5.74) is 1.43. The van der Waals surface area contributed by atoms with Crippen molar-refractivity contribution in [2.24, 2.45) is 0 Å². The molecule has 1 heterocycles. The Kier molecular flexibility index (Phi) is 4.81. The molecule has 2 N–H and O–H groups in total. The Hall–Kier alpha value is -2.07. The molecule has 0 aliphatic rings. The molecular weight excluding hydrogens is 288 g/mol. The number of aryl methyl sites for hydroxylation is 1. The molecule has 1 amide bonds. The van der Waals surface area contributed by atoms with E-state index in [-0.39, 0.29) is 23.1 Å². The maximum absolute atomic E-state index is 12.1. The zero-order valence-corrected chi connectivity index (χ0v) is 12.7. The van der Waals surface area contributed by atoms with Crippen molar-refractivity contribution in [3.63, 3.8) is 0 Å². The standard InChI is InChI=1S/C16H17ClN2O2/c1-10-7-8-13(15(20)18-10)16(21)19-11(2)9-12-5-3-4-6-14(12)17/h3-8,11H,9H2,1-2H3,(H,18,20)(H,19,21)/t11-/m0/s1. The van der Waals surface area contributed by atoms with Crippen molar-refractivity contribution >= 4 is 17.5 Å². The number of amides is 1. The van der Waals surface area contributed by atoms with Crippen LogP contribution in [-0.2, 0) is 6.42 Å². The van der Waals surface area contributed by atoms with E-state index in [0.29, 0.717) is 11.4 Å². The van der Waals surface area contributed by atoms with Crippen molar-refractivity contribution in [2.75, 3.05) is 0 Å². The van der Waals surface area contributed by atoms with E-state index < -0.39 is 0 Å². The highest BCUT2D eigenvalue weighted by Crippen LogP contribution is 2.16. The molecule has 0 radical (unpaired) electrons. The van der Waals surface area contributed by atoms with Crippen LogP contribution in [0.5, 0.6) is 0 Å². The second kappa shape index (κ2) is 6.59. The summed E-state index contributed by atoms with van der Waals surface area (Å²) < 4.78 is 0. The van der Waals surface area contributed by atoms with Gasteiger partial charge in [0.15, 0.2) is 0 Å². The minimum atomic E-state index is -0.379. The van der Waals surface area contributed by atoms with Crippen LogP contribution in [0.25, 0.3) is 0 Å². The number of aromatic amines is 1. The molecule has 0 fully saturated rings. The molecule has 5 heteroatoms. The van der Waals surface area contributed by atoms with Gasteiger partial charge in [-0.2, -0.15) is 0 Å². The maximum Gasteiger partial charge on any atom is 0.260 e. The molecule has 2 rings (SSSR count). The average molecular weight is 305 g/mol. The average Bonchev–Trinajstić information content (AvgIpc) is 2.41. The lowest BCUT2D eigenvalue weighted by atomic mass is 10.1. The number of benzene rings is 1. The van der Waals surface area contributed by atoms with E-state index in [1.54, 1.807) is 13.0 Å². The van der Waals surface area contributed by atoms with E-state index in [4.69, 9.17) is 11.6 Å². The number of carbonyl (C=O) groups excluding carboxylic acids is 1. The number of pyridine rings is 1. The second-order valence-corrected chi connectivity index (χ2v) is 5.46. The predicted molar refractivity (Wildman–Crippen MR) is 83.9 cm³/mol. The van der Waals surface area contributed by atoms with Gasteiger partial charge < -0.3 is 10.3 Å². The minimum Gasteiger partial charge on any atom is -0.349 e. The van der Waals surface area contributed by atoms with Crippen LogP contribution in [-0.4, -0.2) is 16.9 Å². The Bertz CT molecular complexity index is 709. The van der Waals surface area contributed by atoms with Gasteiger partial charge >= 0.3 is 0 Å². The zero-order chi connectivity index (χ0) is 15.4. The molecular formula is C16H17ClN2O2. The lowest BCUT2D eigenvalue weighted by Crippen LogP contribution is -2.37. The summed E-state index contributed by atoms with van der Waals surface area (Å²) in [6.45, 7) is 3.65. The molecule has 1 atom stereocenters. The van der Waals surface area contributed by atoms with Gasteiger partial charge in [-0.25, -0.2) is 0 Å². The predicted octanol–water partition coefficient (Wildman–Crippen LogP) is 2.70. The third-order valence-electron chi connectivity index (χ3n) is 3.16. The van der Waals surface area contributed by atoms with E-state index in [1.165, 1.54) is 6.07 Å². The summed E-state index contributed by atoms with van der Waals surface area (Å²) in [5, 5.41) is 3.49. The molecule has 1 aromatic heterocycles. The molecule has 0 spiro atoms. The van der Waals surface area contributed by atoms with E-state index in [2.05, 4.69) is 10.3 Å². The van der Waals surface area contributed by atoms with Crippen LogP contribution in [0, 0.1) is 6.92 Å². The van der Waals surface area contributed by atoms with Crippen LogP contribution in [0.4, 0.5) is 0 Å². The lowest BCUT2D eigenvalue weighted by molar-refractivity contribution is 0.0938. The number of aromatic nitrogens is 1. The monoisotopic (exact) mass is 304 g/mol. The second-order valence-electron chi connectivity index (χ2n) is 5.05. The number of hydrogen-bond acceptors (Lipinski definition) is 2. The van der Waals surface area contributed by atoms with E-state index in [0.717, 1.165) is 11.3 Å². The van der Waals surface area contributed by atoms with Crippen LogP contribution in [0.15, 0.2) is 41.2 Å². The summed E-state index contributed by atoms with van der Waals surface area (Å²) in [7, 11) is 0. The normalized spacial score (nSPS) is 12.0. The van der Waals surface area contributed by atoms with Crippen LogP contribution < -0.4 is 10.9 Å². The first-order valence-electron chi connectivity index (χ1n) is 6.71. The number of hydrogen-bond donors (Lipinski definition) is 2. The van der Waals surface area contributed by atoms with Gasteiger partial charge in [-0.05, 0) is 44.0 Å². The zero-order valence-electron chi connectivity index (χ0n) is 11.9. The van der Waals surface area contributed by atoms with Gasteiger partial charge in [0.25, 0.3) is 11.5 Å². The molecule has 1 aromatic carbocycles. The fraction of sp³-hybridized carbons (Fsp3) is 0.250. The van der Waals surface area contributed by atoms with Gasteiger partial charge in [-0.3, -0.25) is 9.59 Å². The van der Waals surface area contributed by atoms with Gasteiger partial charge in [0, 0.05) is 16.8 Å². The number of H-pyrrole nitrogens is 1. The topological polar surface area (TPSA) is 62.0 Å². The Balaban J connectivity index is 2.06. The molecule has 0 aliphatic carbocycles. The van der Waals surface area contributed by atoms with Crippen LogP contribution in [0.2, 0.25) is 5.02 Å². The third kappa shape index (κ3) is 3.95. The molecule has 0 saturated carbocycles. The molecule has 4 nitrogen and oxygen atoms in total. The van der Waals surface area contributed by atoms with Crippen molar-refractivity contribution < 1.29 is 4.79 Å². The lowest BCUT2D eigenvalue weighted by Gasteiger charge is -2.14. The van der Waals surface area contributed by atoms with Crippen LogP contribution in [0.3, 0.4) is 0 Å². The molecule has 21 heavy (non-hydrogen) atoms. The molecule has 0 bridgehead atoms. The highest BCUT2D eigenvalue weighted by molar-refractivity contribution is 6.31. The summed E-state index contributed by atoms with van der Waals surface area (Å²) in [5.74, 6) is -0.379. The fourth-order valence-corrected chi connectivity index (χ4v) is 2.31. The van der Waals surface area contributed by atoms with Gasteiger partial charge in [0.05, 0.1) is 0 Å². The largest absolute Gasteiger partial charge is 0.349 e. The summed E-state index contributed by atoms with van der Waals surface area (Å²) in [6.07, 6.45) is 0.606. The first-order chi connectivity index (χ1) is 9.97. The Morgan fingerprint density at radius 2 is 2.00 bits per heavy atom. The third-order valence-corrected chi connectivity index (χ3v) is 3.53. The number of carbonyl (C=O) groups is 1. The van der Waals surface area contributed by atoms with Crippen LogP contribution in [0.1, 0.15) is 28.5 Å². The first-order valence-corrected chi connectivity index (χ1v) is 7.09. The van der Waals surface area contributed by atoms with Crippen molar-refractivity contribution in [3.05, 3.63) is 68.6 Å². The van der Waals surface area contributed by atoms with E-state index in [1.807, 2.05) is 31.2 Å². The molecule has 0 saturated heterocycles. The fourth-order valence-electron chi connectivity index (χ4n) is 2.10.